The van der Waals surface area contributed by atoms with E-state index in [1.807, 2.05) is 0 Å². The SMILES string of the molecule is Cc1cc(Cl)ccc1NS(=O)(=O)NCCN. The fraction of sp³-hybridized carbons (Fsp3) is 0.333. The highest BCUT2D eigenvalue weighted by molar-refractivity contribution is 7.90. The molecule has 0 amide bonds. The molecule has 0 saturated heterocycles. The smallest absolute Gasteiger partial charge is 0.299 e. The molecule has 4 N–H and O–H groups in total. The van der Waals surface area contributed by atoms with Crippen LogP contribution in [0.3, 0.4) is 0 Å². The van der Waals surface area contributed by atoms with Gasteiger partial charge in [-0.05, 0) is 30.7 Å². The van der Waals surface area contributed by atoms with Crippen LogP contribution in [0, 0.1) is 6.92 Å². The van der Waals surface area contributed by atoms with E-state index < -0.39 is 10.2 Å². The lowest BCUT2D eigenvalue weighted by atomic mass is 10.2. The molecule has 90 valence electrons. The first kappa shape index (κ1) is 13.2. The molecule has 1 aromatic rings. The average Bonchev–Trinajstić information content (AvgIpc) is 2.19. The molecule has 0 heterocycles. The van der Waals surface area contributed by atoms with E-state index in [1.54, 1.807) is 25.1 Å². The van der Waals surface area contributed by atoms with Gasteiger partial charge in [-0.15, -0.1) is 0 Å². The van der Waals surface area contributed by atoms with Crippen LogP contribution in [0.5, 0.6) is 0 Å². The molecule has 5 nitrogen and oxygen atoms in total. The summed E-state index contributed by atoms with van der Waals surface area (Å²) >= 11 is 5.76. The average molecular weight is 264 g/mol. The van der Waals surface area contributed by atoms with E-state index >= 15 is 0 Å². The zero-order chi connectivity index (χ0) is 12.2. The van der Waals surface area contributed by atoms with Crippen LogP contribution in [0.1, 0.15) is 5.56 Å². The lowest BCUT2D eigenvalue weighted by Gasteiger charge is -2.10. The number of aryl methyl sites for hydroxylation is 1. The number of hydrogen-bond acceptors (Lipinski definition) is 3. The monoisotopic (exact) mass is 263 g/mol. The van der Waals surface area contributed by atoms with Crippen LogP contribution in [0.2, 0.25) is 5.02 Å². The van der Waals surface area contributed by atoms with Crippen molar-refractivity contribution in [3.05, 3.63) is 28.8 Å². The topological polar surface area (TPSA) is 84.2 Å². The minimum atomic E-state index is -3.56. The van der Waals surface area contributed by atoms with Crippen molar-refractivity contribution in [3.8, 4) is 0 Å². The Bertz CT molecular complexity index is 462. The van der Waals surface area contributed by atoms with Crippen molar-refractivity contribution in [2.75, 3.05) is 17.8 Å². The minimum absolute atomic E-state index is 0.196. The van der Waals surface area contributed by atoms with Crippen LogP contribution in [0.15, 0.2) is 18.2 Å². The maximum atomic E-state index is 11.5. The quantitative estimate of drug-likeness (QED) is 0.736. The molecule has 0 unspecified atom stereocenters. The highest BCUT2D eigenvalue weighted by atomic mass is 35.5. The molecule has 0 fully saturated rings. The second-order valence-electron chi connectivity index (χ2n) is 3.25. The standard InChI is InChI=1S/C9H14ClN3O2S/c1-7-6-8(10)2-3-9(7)13-16(14,15)12-5-4-11/h2-3,6,12-13H,4-5,11H2,1H3. The molecule has 0 saturated carbocycles. The van der Waals surface area contributed by atoms with Crippen LogP contribution in [0.25, 0.3) is 0 Å². The first-order chi connectivity index (χ1) is 7.44. The molecule has 0 radical (unpaired) electrons. The first-order valence-corrected chi connectivity index (χ1v) is 6.54. The Morgan fingerprint density at radius 1 is 1.44 bits per heavy atom. The molecule has 7 heteroatoms. The molecular weight excluding hydrogens is 250 g/mol. The third-order valence-electron chi connectivity index (χ3n) is 1.87. The van der Waals surface area contributed by atoms with Crippen LogP contribution in [-0.2, 0) is 10.2 Å². The van der Waals surface area contributed by atoms with E-state index in [0.717, 1.165) is 5.56 Å². The largest absolute Gasteiger partial charge is 0.329 e. The van der Waals surface area contributed by atoms with E-state index in [0.29, 0.717) is 10.7 Å². The maximum Gasteiger partial charge on any atom is 0.299 e. The number of nitrogens with two attached hydrogens (primary N) is 1. The normalized spacial score (nSPS) is 11.4. The molecule has 0 aliphatic heterocycles. The van der Waals surface area contributed by atoms with Crippen LogP contribution >= 0.6 is 11.6 Å². The fourth-order valence-electron chi connectivity index (χ4n) is 1.12. The van der Waals surface area contributed by atoms with Gasteiger partial charge in [-0.1, -0.05) is 11.6 Å². The van der Waals surface area contributed by atoms with E-state index in [9.17, 15) is 8.42 Å². The molecule has 16 heavy (non-hydrogen) atoms. The Hall–Kier alpha value is -0.820. The third kappa shape index (κ3) is 3.97. The summed E-state index contributed by atoms with van der Waals surface area (Å²) in [5, 5.41) is 0.565. The number of anilines is 1. The van der Waals surface area contributed by atoms with Gasteiger partial charge in [0.05, 0.1) is 5.69 Å². The molecule has 0 aliphatic carbocycles. The summed E-state index contributed by atoms with van der Waals surface area (Å²) in [6.07, 6.45) is 0. The number of halogens is 1. The highest BCUT2D eigenvalue weighted by Crippen LogP contribution is 2.20. The maximum absolute atomic E-state index is 11.5. The minimum Gasteiger partial charge on any atom is -0.329 e. The van der Waals surface area contributed by atoms with E-state index in [2.05, 4.69) is 9.44 Å². The Labute approximate surface area is 100 Å². The lowest BCUT2D eigenvalue weighted by molar-refractivity contribution is 0.587. The molecule has 1 aromatic carbocycles. The summed E-state index contributed by atoms with van der Waals surface area (Å²) in [6.45, 7) is 2.22. The number of benzene rings is 1. The van der Waals surface area contributed by atoms with Gasteiger partial charge in [0.15, 0.2) is 0 Å². The van der Waals surface area contributed by atoms with E-state index in [4.69, 9.17) is 17.3 Å². The van der Waals surface area contributed by atoms with Crippen molar-refractivity contribution in [2.45, 2.75) is 6.92 Å². The summed E-state index contributed by atoms with van der Waals surface area (Å²) in [6, 6.07) is 4.91. The van der Waals surface area contributed by atoms with Crippen molar-refractivity contribution in [1.29, 1.82) is 0 Å². The van der Waals surface area contributed by atoms with Gasteiger partial charge >= 0.3 is 0 Å². The summed E-state index contributed by atoms with van der Waals surface area (Å²) in [5.74, 6) is 0. The Balaban J connectivity index is 2.80. The van der Waals surface area contributed by atoms with Crippen LogP contribution in [-0.4, -0.2) is 21.5 Å². The van der Waals surface area contributed by atoms with Gasteiger partial charge in [-0.25, -0.2) is 0 Å². The Kier molecular flexibility index (Phi) is 4.55. The first-order valence-electron chi connectivity index (χ1n) is 4.68. The van der Waals surface area contributed by atoms with Gasteiger partial charge in [0.2, 0.25) is 0 Å². The Morgan fingerprint density at radius 3 is 2.69 bits per heavy atom. The zero-order valence-corrected chi connectivity index (χ0v) is 10.4. The van der Waals surface area contributed by atoms with Gasteiger partial charge < -0.3 is 5.73 Å². The summed E-state index contributed by atoms with van der Waals surface area (Å²) in [7, 11) is -3.56. The summed E-state index contributed by atoms with van der Waals surface area (Å²) in [4.78, 5) is 0. The number of nitrogens with one attached hydrogen (secondary N) is 2. The summed E-state index contributed by atoms with van der Waals surface area (Å²) in [5.41, 5.74) is 6.46. The van der Waals surface area contributed by atoms with Crippen molar-refractivity contribution in [1.82, 2.24) is 4.72 Å². The second-order valence-corrected chi connectivity index (χ2v) is 5.18. The van der Waals surface area contributed by atoms with E-state index in [-0.39, 0.29) is 13.1 Å². The van der Waals surface area contributed by atoms with Crippen LogP contribution < -0.4 is 15.2 Å². The van der Waals surface area contributed by atoms with Gasteiger partial charge in [0.25, 0.3) is 10.2 Å². The molecular formula is C9H14ClN3O2S. The Morgan fingerprint density at radius 2 is 2.12 bits per heavy atom. The number of hydrogen-bond donors (Lipinski definition) is 3. The zero-order valence-electron chi connectivity index (χ0n) is 8.83. The van der Waals surface area contributed by atoms with Crippen molar-refractivity contribution < 1.29 is 8.42 Å². The fourth-order valence-corrected chi connectivity index (χ4v) is 2.32. The van der Waals surface area contributed by atoms with Gasteiger partial charge in [0.1, 0.15) is 0 Å². The van der Waals surface area contributed by atoms with Crippen molar-refractivity contribution in [3.63, 3.8) is 0 Å². The second kappa shape index (κ2) is 5.49. The predicted octanol–water partition coefficient (Wildman–Crippen LogP) is 0.853. The van der Waals surface area contributed by atoms with Crippen LogP contribution in [0.4, 0.5) is 5.69 Å². The molecule has 0 atom stereocenters. The molecule has 1 rings (SSSR count). The van der Waals surface area contributed by atoms with Gasteiger partial charge in [-0.2, -0.15) is 13.1 Å². The molecule has 0 aliphatic rings. The van der Waals surface area contributed by atoms with Gasteiger partial charge in [-0.3, -0.25) is 4.72 Å². The van der Waals surface area contributed by atoms with Gasteiger partial charge in [0, 0.05) is 18.1 Å². The number of rotatable bonds is 5. The molecule has 0 aromatic heterocycles. The highest BCUT2D eigenvalue weighted by Gasteiger charge is 2.10. The van der Waals surface area contributed by atoms with Crippen molar-refractivity contribution in [2.24, 2.45) is 5.73 Å². The predicted molar refractivity (Wildman–Crippen MR) is 65.8 cm³/mol. The summed E-state index contributed by atoms with van der Waals surface area (Å²) < 4.78 is 27.7. The molecule has 0 spiro atoms. The third-order valence-corrected chi connectivity index (χ3v) is 3.18. The molecule has 0 bridgehead atoms. The van der Waals surface area contributed by atoms with Crippen molar-refractivity contribution >= 4 is 27.5 Å². The van der Waals surface area contributed by atoms with E-state index in [1.165, 1.54) is 0 Å². The lowest BCUT2D eigenvalue weighted by Crippen LogP contribution is -2.34.